The first kappa shape index (κ1) is 14.1. The molecule has 0 amide bonds. The molecule has 1 aromatic rings. The molecule has 6 nitrogen and oxygen atoms in total. The Bertz CT molecular complexity index is 416. The second kappa shape index (κ2) is 6.13. The van der Waals surface area contributed by atoms with Crippen LogP contribution in [0.4, 0.5) is 0 Å². The number of esters is 1. The zero-order valence-corrected chi connectivity index (χ0v) is 9.69. The van der Waals surface area contributed by atoms with E-state index >= 15 is 0 Å². The second-order valence-corrected chi connectivity index (χ2v) is 3.72. The molecule has 98 valence electrons. The van der Waals surface area contributed by atoms with E-state index in [1.54, 1.807) is 37.3 Å². The molecule has 0 aromatic heterocycles. The van der Waals surface area contributed by atoms with Crippen LogP contribution in [-0.4, -0.2) is 39.5 Å². The van der Waals surface area contributed by atoms with Gasteiger partial charge in [-0.25, -0.2) is 9.59 Å². The van der Waals surface area contributed by atoms with Gasteiger partial charge < -0.3 is 20.1 Å². The Labute approximate surface area is 103 Å². The van der Waals surface area contributed by atoms with Crippen molar-refractivity contribution in [1.29, 1.82) is 0 Å². The summed E-state index contributed by atoms with van der Waals surface area (Å²) in [5.41, 5.74) is 0.697. The molecule has 3 N–H and O–H groups in total. The highest BCUT2D eigenvalue weighted by Crippen LogP contribution is 2.17. The van der Waals surface area contributed by atoms with Crippen LogP contribution in [0.25, 0.3) is 0 Å². The van der Waals surface area contributed by atoms with Crippen molar-refractivity contribution in [2.24, 2.45) is 0 Å². The summed E-state index contributed by atoms with van der Waals surface area (Å²) >= 11 is 0. The highest BCUT2D eigenvalue weighted by Gasteiger charge is 2.32. The Balaban J connectivity index is 2.62. The van der Waals surface area contributed by atoms with Crippen molar-refractivity contribution >= 4 is 11.9 Å². The van der Waals surface area contributed by atoms with Crippen molar-refractivity contribution < 1.29 is 29.6 Å². The van der Waals surface area contributed by atoms with Crippen LogP contribution in [0.5, 0.6) is 0 Å². The van der Waals surface area contributed by atoms with E-state index in [9.17, 15) is 14.7 Å². The van der Waals surface area contributed by atoms with Crippen molar-refractivity contribution in [3.8, 4) is 0 Å². The number of aliphatic hydroxyl groups excluding tert-OH is 2. The first-order chi connectivity index (χ1) is 8.43. The molecular weight excluding hydrogens is 240 g/mol. The molecule has 3 unspecified atom stereocenters. The van der Waals surface area contributed by atoms with Crippen LogP contribution in [0.2, 0.25) is 0 Å². The van der Waals surface area contributed by atoms with E-state index in [1.165, 1.54) is 0 Å². The highest BCUT2D eigenvalue weighted by atomic mass is 16.6. The molecular formula is C12H14O6. The number of carbonyl (C=O) groups is 2. The van der Waals surface area contributed by atoms with Gasteiger partial charge in [0.15, 0.2) is 12.2 Å². The summed E-state index contributed by atoms with van der Waals surface area (Å²) < 4.78 is 4.86. The standard InChI is InChI=1S/C12H14O6/c1-7(8-5-3-2-4-6-8)18-12(17)10(14)9(13)11(15)16/h2-7,9-10,13-14H,1H3,(H,15,16). The van der Waals surface area contributed by atoms with Crippen molar-refractivity contribution in [3.05, 3.63) is 35.9 Å². The Hall–Kier alpha value is -1.92. The van der Waals surface area contributed by atoms with Crippen LogP contribution in [-0.2, 0) is 14.3 Å². The smallest absolute Gasteiger partial charge is 0.338 e. The summed E-state index contributed by atoms with van der Waals surface area (Å²) in [6, 6.07) is 8.74. The third-order valence-corrected chi connectivity index (χ3v) is 2.36. The summed E-state index contributed by atoms with van der Waals surface area (Å²) in [5.74, 6) is -2.87. The van der Waals surface area contributed by atoms with Crippen LogP contribution < -0.4 is 0 Å². The van der Waals surface area contributed by atoms with Crippen LogP contribution in [0.3, 0.4) is 0 Å². The minimum Gasteiger partial charge on any atom is -0.479 e. The Morgan fingerprint density at radius 3 is 2.17 bits per heavy atom. The van der Waals surface area contributed by atoms with Gasteiger partial charge in [0.1, 0.15) is 6.10 Å². The molecule has 0 radical (unpaired) electrons. The van der Waals surface area contributed by atoms with Crippen LogP contribution >= 0.6 is 0 Å². The summed E-state index contributed by atoms with van der Waals surface area (Å²) in [5, 5.41) is 26.7. The van der Waals surface area contributed by atoms with Gasteiger partial charge in [0.2, 0.25) is 0 Å². The van der Waals surface area contributed by atoms with Gasteiger partial charge >= 0.3 is 11.9 Å². The van der Waals surface area contributed by atoms with Gasteiger partial charge in [-0.3, -0.25) is 0 Å². The molecule has 0 fully saturated rings. The van der Waals surface area contributed by atoms with Gasteiger partial charge in [-0.2, -0.15) is 0 Å². The largest absolute Gasteiger partial charge is 0.479 e. The molecule has 6 heteroatoms. The number of hydrogen-bond donors (Lipinski definition) is 3. The minimum atomic E-state index is -2.19. The number of carbonyl (C=O) groups excluding carboxylic acids is 1. The van der Waals surface area contributed by atoms with Crippen LogP contribution in [0.15, 0.2) is 30.3 Å². The van der Waals surface area contributed by atoms with Crippen molar-refractivity contribution in [3.63, 3.8) is 0 Å². The molecule has 0 aliphatic carbocycles. The lowest BCUT2D eigenvalue weighted by atomic mass is 10.1. The normalized spacial score (nSPS) is 15.5. The maximum absolute atomic E-state index is 11.4. The van der Waals surface area contributed by atoms with Crippen molar-refractivity contribution in [1.82, 2.24) is 0 Å². The van der Waals surface area contributed by atoms with E-state index in [1.807, 2.05) is 0 Å². The van der Waals surface area contributed by atoms with E-state index in [-0.39, 0.29) is 0 Å². The predicted molar refractivity (Wildman–Crippen MR) is 60.6 cm³/mol. The molecule has 0 spiro atoms. The zero-order chi connectivity index (χ0) is 13.7. The van der Waals surface area contributed by atoms with E-state index in [2.05, 4.69) is 0 Å². The van der Waals surface area contributed by atoms with Gasteiger partial charge in [-0.05, 0) is 12.5 Å². The fourth-order valence-corrected chi connectivity index (χ4v) is 1.30. The first-order valence-electron chi connectivity index (χ1n) is 5.28. The molecule has 18 heavy (non-hydrogen) atoms. The lowest BCUT2D eigenvalue weighted by Gasteiger charge is -2.17. The van der Waals surface area contributed by atoms with E-state index in [0.29, 0.717) is 5.56 Å². The number of carboxylic acids is 1. The summed E-state index contributed by atoms with van der Waals surface area (Å²) in [6.45, 7) is 1.58. The highest BCUT2D eigenvalue weighted by molar-refractivity contribution is 5.84. The lowest BCUT2D eigenvalue weighted by molar-refractivity contribution is -0.173. The Kier molecular flexibility index (Phi) is 4.82. The first-order valence-corrected chi connectivity index (χ1v) is 5.28. The average Bonchev–Trinajstić information content (AvgIpc) is 2.37. The monoisotopic (exact) mass is 254 g/mol. The number of aliphatic carboxylic acids is 1. The number of carboxylic acid groups (broad SMARTS) is 1. The molecule has 0 heterocycles. The van der Waals surface area contributed by atoms with Gasteiger partial charge in [0.05, 0.1) is 0 Å². The molecule has 1 aromatic carbocycles. The third-order valence-electron chi connectivity index (χ3n) is 2.36. The van der Waals surface area contributed by atoms with Crippen molar-refractivity contribution in [2.45, 2.75) is 25.2 Å². The number of aliphatic hydroxyl groups is 2. The maximum Gasteiger partial charge on any atom is 0.338 e. The Morgan fingerprint density at radius 1 is 1.11 bits per heavy atom. The fraction of sp³-hybridized carbons (Fsp3) is 0.333. The molecule has 0 saturated carbocycles. The van der Waals surface area contributed by atoms with E-state index in [0.717, 1.165) is 0 Å². The Morgan fingerprint density at radius 2 is 1.67 bits per heavy atom. The van der Waals surface area contributed by atoms with Gasteiger partial charge in [-0.1, -0.05) is 30.3 Å². The maximum atomic E-state index is 11.4. The minimum absolute atomic E-state index is 0.644. The third kappa shape index (κ3) is 3.54. The average molecular weight is 254 g/mol. The number of benzene rings is 1. The second-order valence-electron chi connectivity index (χ2n) is 3.72. The number of ether oxygens (including phenoxy) is 1. The molecule has 0 aliphatic heterocycles. The summed E-state index contributed by atoms with van der Waals surface area (Å²) in [4.78, 5) is 21.8. The number of rotatable bonds is 5. The SMILES string of the molecule is CC(OC(=O)C(O)C(O)C(=O)O)c1ccccc1. The van der Waals surface area contributed by atoms with Gasteiger partial charge in [0, 0.05) is 0 Å². The fourth-order valence-electron chi connectivity index (χ4n) is 1.30. The quantitative estimate of drug-likeness (QED) is 0.644. The summed E-state index contributed by atoms with van der Waals surface area (Å²) in [7, 11) is 0. The predicted octanol–water partition coefficient (Wildman–Crippen LogP) is 0.0972. The number of hydrogen-bond acceptors (Lipinski definition) is 5. The van der Waals surface area contributed by atoms with E-state index < -0.39 is 30.3 Å². The molecule has 0 saturated heterocycles. The van der Waals surface area contributed by atoms with Gasteiger partial charge in [-0.15, -0.1) is 0 Å². The lowest BCUT2D eigenvalue weighted by Crippen LogP contribution is -2.40. The van der Waals surface area contributed by atoms with Crippen LogP contribution in [0, 0.1) is 0 Å². The zero-order valence-electron chi connectivity index (χ0n) is 9.69. The molecule has 1 rings (SSSR count). The molecule has 0 bridgehead atoms. The summed E-state index contributed by atoms with van der Waals surface area (Å²) in [6.07, 6.45) is -4.94. The van der Waals surface area contributed by atoms with E-state index in [4.69, 9.17) is 14.9 Å². The molecule has 3 atom stereocenters. The van der Waals surface area contributed by atoms with Gasteiger partial charge in [0.25, 0.3) is 0 Å². The topological polar surface area (TPSA) is 104 Å². The molecule has 0 aliphatic rings. The van der Waals surface area contributed by atoms with Crippen molar-refractivity contribution in [2.75, 3.05) is 0 Å². The van der Waals surface area contributed by atoms with Crippen LogP contribution in [0.1, 0.15) is 18.6 Å².